The van der Waals surface area contributed by atoms with Gasteiger partial charge >= 0.3 is 6.18 Å². The molecule has 1 unspecified atom stereocenters. The van der Waals surface area contributed by atoms with Crippen LogP contribution in [-0.4, -0.2) is 24.1 Å². The van der Waals surface area contributed by atoms with Gasteiger partial charge in [-0.1, -0.05) is 18.2 Å². The van der Waals surface area contributed by atoms with Gasteiger partial charge in [0.05, 0.1) is 0 Å². The highest BCUT2D eigenvalue weighted by Crippen LogP contribution is 2.35. The van der Waals surface area contributed by atoms with E-state index in [1.165, 1.54) is 24.3 Å². The molecule has 0 saturated heterocycles. The number of nitrogens with zero attached hydrogens (tertiary/aromatic N) is 1. The third-order valence-electron chi connectivity index (χ3n) is 2.29. The molecule has 2 rings (SSSR count). The molecule has 1 atom stereocenters. The number of hydrogen-bond acceptors (Lipinski definition) is 4. The largest absolute Gasteiger partial charge is 0.468 e. The fraction of sp³-hybridized carbons (Fsp3) is 0.182. The molecule has 0 amide bonds. The second-order valence-electron chi connectivity index (χ2n) is 3.49. The topological polar surface area (TPSA) is 55.7 Å². The molecule has 0 spiro atoms. The molecule has 1 aromatic rings. The number of fused-ring (bicyclic) bond motifs is 1. The predicted octanol–water partition coefficient (Wildman–Crippen LogP) is 1.85. The van der Waals surface area contributed by atoms with Crippen molar-refractivity contribution in [2.24, 2.45) is 4.99 Å². The minimum Gasteiger partial charge on any atom is -0.435 e. The van der Waals surface area contributed by atoms with E-state index in [1.807, 2.05) is 0 Å². The molecular weight excluding hydrogens is 251 g/mol. The normalized spacial score (nSPS) is 18.4. The van der Waals surface area contributed by atoms with Crippen LogP contribution in [0.15, 0.2) is 29.3 Å². The van der Waals surface area contributed by atoms with Gasteiger partial charge in [0.2, 0.25) is 5.78 Å². The number of benzene rings is 1. The highest BCUT2D eigenvalue weighted by molar-refractivity contribution is 6.28. The molecule has 1 aliphatic rings. The van der Waals surface area contributed by atoms with E-state index in [2.05, 4.69) is 9.73 Å². The maximum atomic E-state index is 12.5. The molecule has 0 fully saturated rings. The minimum absolute atomic E-state index is 0.0513. The predicted molar refractivity (Wildman–Crippen MR) is 54.4 cm³/mol. The van der Waals surface area contributed by atoms with Gasteiger partial charge in [0, 0.05) is 5.56 Å². The van der Waals surface area contributed by atoms with Gasteiger partial charge in [-0.05, 0) is 6.07 Å². The van der Waals surface area contributed by atoms with E-state index in [0.717, 1.165) is 0 Å². The Kier molecular flexibility index (Phi) is 2.90. The molecule has 18 heavy (non-hydrogen) atoms. The van der Waals surface area contributed by atoms with Gasteiger partial charge in [0.1, 0.15) is 11.8 Å². The number of carbonyl (C=O) groups is 2. The Labute approximate surface area is 99.1 Å². The van der Waals surface area contributed by atoms with Crippen LogP contribution in [0.4, 0.5) is 13.2 Å². The van der Waals surface area contributed by atoms with Gasteiger partial charge in [-0.25, -0.2) is 4.99 Å². The van der Waals surface area contributed by atoms with Crippen LogP contribution in [-0.2, 0) is 9.59 Å². The number of aldehydes is 1. The quantitative estimate of drug-likeness (QED) is 0.600. The number of ether oxygens (including phenoxy) is 1. The first-order chi connectivity index (χ1) is 8.43. The lowest BCUT2D eigenvalue weighted by Gasteiger charge is -2.22. The fourth-order valence-corrected chi connectivity index (χ4v) is 1.53. The molecule has 0 bridgehead atoms. The number of alkyl halides is 3. The zero-order valence-electron chi connectivity index (χ0n) is 8.77. The first kappa shape index (κ1) is 12.3. The molecule has 0 N–H and O–H groups in total. The molecule has 4 nitrogen and oxygen atoms in total. The monoisotopic (exact) mass is 257 g/mol. The number of rotatable bonds is 2. The summed E-state index contributed by atoms with van der Waals surface area (Å²) in [5.41, 5.74) is 0.141. The lowest BCUT2D eigenvalue weighted by Crippen LogP contribution is -2.33. The molecule has 1 aliphatic heterocycles. The Bertz CT molecular complexity index is 537. The summed E-state index contributed by atoms with van der Waals surface area (Å²) < 4.78 is 42.1. The number of halogens is 3. The molecule has 0 aliphatic carbocycles. The van der Waals surface area contributed by atoms with E-state index in [0.29, 0.717) is 0 Å². The average Bonchev–Trinajstić information content (AvgIpc) is 2.35. The van der Waals surface area contributed by atoms with Crippen molar-refractivity contribution in [2.45, 2.75) is 12.2 Å². The van der Waals surface area contributed by atoms with Crippen LogP contribution in [0.3, 0.4) is 0 Å². The number of hydrogen-bond donors (Lipinski definition) is 0. The first-order valence-electron chi connectivity index (χ1n) is 4.84. The molecule has 94 valence electrons. The van der Waals surface area contributed by atoms with Gasteiger partial charge in [-0.3, -0.25) is 9.59 Å². The third kappa shape index (κ3) is 2.11. The molecule has 1 aromatic carbocycles. The zero-order chi connectivity index (χ0) is 13.3. The molecule has 1 heterocycles. The SMILES string of the molecule is O=CC(=O)C1N=C(C(F)(F)F)Oc2ccccc21. The smallest absolute Gasteiger partial charge is 0.435 e. The van der Waals surface area contributed by atoms with Crippen molar-refractivity contribution in [3.63, 3.8) is 0 Å². The summed E-state index contributed by atoms with van der Waals surface area (Å²) >= 11 is 0. The highest BCUT2D eigenvalue weighted by atomic mass is 19.4. The van der Waals surface area contributed by atoms with Crippen molar-refractivity contribution in [3.8, 4) is 5.75 Å². The van der Waals surface area contributed by atoms with Crippen molar-refractivity contribution in [1.82, 2.24) is 0 Å². The van der Waals surface area contributed by atoms with Crippen LogP contribution in [0.25, 0.3) is 0 Å². The van der Waals surface area contributed by atoms with Gasteiger partial charge < -0.3 is 4.74 Å². The van der Waals surface area contributed by atoms with Crippen molar-refractivity contribution in [1.29, 1.82) is 0 Å². The van der Waals surface area contributed by atoms with Crippen molar-refractivity contribution in [2.75, 3.05) is 0 Å². The van der Waals surface area contributed by atoms with Gasteiger partial charge in [0.15, 0.2) is 6.29 Å². The van der Waals surface area contributed by atoms with Crippen LogP contribution < -0.4 is 4.74 Å². The molecular formula is C11H6F3NO3. The number of Topliss-reactive ketones (excluding diaryl/α,β-unsaturated/α-hetero) is 1. The summed E-state index contributed by atoms with van der Waals surface area (Å²) in [6.07, 6.45) is -4.86. The average molecular weight is 257 g/mol. The summed E-state index contributed by atoms with van der Waals surface area (Å²) in [4.78, 5) is 24.9. The van der Waals surface area contributed by atoms with Crippen LogP contribution in [0.2, 0.25) is 0 Å². The number of carbonyl (C=O) groups excluding carboxylic acids is 2. The first-order valence-corrected chi connectivity index (χ1v) is 4.84. The van der Waals surface area contributed by atoms with Gasteiger partial charge in [-0.2, -0.15) is 13.2 Å². The summed E-state index contributed by atoms with van der Waals surface area (Å²) in [5.74, 6) is -2.70. The van der Waals surface area contributed by atoms with Crippen molar-refractivity contribution in [3.05, 3.63) is 29.8 Å². The van der Waals surface area contributed by atoms with Crippen LogP contribution >= 0.6 is 0 Å². The zero-order valence-corrected chi connectivity index (χ0v) is 8.77. The van der Waals surface area contributed by atoms with Gasteiger partial charge in [-0.15, -0.1) is 0 Å². The number of aliphatic imine (C=N–C) groups is 1. The number of para-hydroxylation sites is 1. The van der Waals surface area contributed by atoms with Crippen LogP contribution in [0.5, 0.6) is 5.75 Å². The fourth-order valence-electron chi connectivity index (χ4n) is 1.53. The number of ketones is 1. The standard InChI is InChI=1S/C11H6F3NO3/c12-11(13,14)10-15-9(7(17)5-16)6-3-1-2-4-8(6)18-10/h1-5,9H. The molecule has 0 radical (unpaired) electrons. The van der Waals surface area contributed by atoms with E-state index < -0.39 is 23.9 Å². The second kappa shape index (κ2) is 4.25. The summed E-state index contributed by atoms with van der Waals surface area (Å²) in [6.45, 7) is 0. The van der Waals surface area contributed by atoms with Gasteiger partial charge in [0.25, 0.3) is 5.90 Å². The Morgan fingerprint density at radius 2 is 2.00 bits per heavy atom. The summed E-state index contributed by atoms with van der Waals surface area (Å²) in [7, 11) is 0. The van der Waals surface area contributed by atoms with E-state index in [4.69, 9.17) is 0 Å². The third-order valence-corrected chi connectivity index (χ3v) is 2.29. The maximum Gasteiger partial charge on any atom is 0.468 e. The Balaban J connectivity index is 2.52. The van der Waals surface area contributed by atoms with Crippen molar-refractivity contribution >= 4 is 18.0 Å². The molecule has 0 aromatic heterocycles. The molecule has 7 heteroatoms. The van der Waals surface area contributed by atoms with E-state index >= 15 is 0 Å². The molecule has 0 saturated carbocycles. The van der Waals surface area contributed by atoms with Crippen LogP contribution in [0, 0.1) is 0 Å². The Morgan fingerprint density at radius 3 is 2.61 bits per heavy atom. The lowest BCUT2D eigenvalue weighted by molar-refractivity contribution is -0.131. The van der Waals surface area contributed by atoms with E-state index in [1.54, 1.807) is 0 Å². The maximum absolute atomic E-state index is 12.5. The van der Waals surface area contributed by atoms with E-state index in [-0.39, 0.29) is 17.6 Å². The summed E-state index contributed by atoms with van der Waals surface area (Å²) in [6, 6.07) is 4.14. The Hall–Kier alpha value is -2.18. The highest BCUT2D eigenvalue weighted by Gasteiger charge is 2.43. The minimum atomic E-state index is -4.81. The van der Waals surface area contributed by atoms with E-state index in [9.17, 15) is 22.8 Å². The van der Waals surface area contributed by atoms with Crippen LogP contribution in [0.1, 0.15) is 11.6 Å². The second-order valence-corrected chi connectivity index (χ2v) is 3.49. The summed E-state index contributed by atoms with van der Waals surface area (Å²) in [5, 5.41) is 0. The Morgan fingerprint density at radius 1 is 1.33 bits per heavy atom. The van der Waals surface area contributed by atoms with Crippen molar-refractivity contribution < 1.29 is 27.5 Å². The lowest BCUT2D eigenvalue weighted by atomic mass is 10.0.